The minimum Gasteiger partial charge on any atom is -0.478 e. The van der Waals surface area contributed by atoms with Crippen LogP contribution in [0.25, 0.3) is 0 Å². The Morgan fingerprint density at radius 3 is 2.27 bits per heavy atom. The van der Waals surface area contributed by atoms with Gasteiger partial charge in [-0.15, -0.1) is 0 Å². The molecule has 1 aromatic carbocycles. The van der Waals surface area contributed by atoms with E-state index in [1.165, 1.54) is 6.92 Å². The molecule has 1 aromatic rings. The lowest BCUT2D eigenvalue weighted by molar-refractivity contribution is -0.387. The summed E-state index contributed by atoms with van der Waals surface area (Å²) in [6, 6.07) is 3.11. The Hall–Kier alpha value is -3.21. The fraction of sp³-hybridized carbons (Fsp3) is 0.526. The Morgan fingerprint density at radius 2 is 1.77 bits per heavy atom. The zero-order valence-electron chi connectivity index (χ0n) is 16.9. The van der Waals surface area contributed by atoms with Crippen molar-refractivity contribution in [1.29, 1.82) is 0 Å². The van der Waals surface area contributed by atoms with Crippen LogP contribution in [0.4, 0.5) is 5.69 Å². The molecule has 164 valence electrons. The van der Waals surface area contributed by atoms with Crippen LogP contribution in [-0.2, 0) is 23.8 Å². The molecule has 0 aliphatic carbocycles. The van der Waals surface area contributed by atoms with Crippen molar-refractivity contribution >= 4 is 23.6 Å². The van der Waals surface area contributed by atoms with Gasteiger partial charge in [-0.3, -0.25) is 19.7 Å². The standard InChI is InChI=1S/C19H23NO10/c1-5-14-9(2)16(27-10(3)21)17(28-11(4)22)19(29-14)30-15-7-6-12(18(23)24)8-13(15)20(25)26/h6-9,14,16-17,19H,5H2,1-4H3,(H,23,24)/t9-,14-,16+,17-,19+/m1/s1. The monoisotopic (exact) mass is 425 g/mol. The van der Waals surface area contributed by atoms with Crippen molar-refractivity contribution in [3.05, 3.63) is 33.9 Å². The zero-order chi connectivity index (χ0) is 22.6. The van der Waals surface area contributed by atoms with Gasteiger partial charge in [-0.1, -0.05) is 13.8 Å². The molecule has 30 heavy (non-hydrogen) atoms. The van der Waals surface area contributed by atoms with Gasteiger partial charge in [-0.05, 0) is 18.6 Å². The second-order valence-electron chi connectivity index (χ2n) is 6.82. The summed E-state index contributed by atoms with van der Waals surface area (Å²) < 4.78 is 22.2. The maximum absolute atomic E-state index is 11.6. The summed E-state index contributed by atoms with van der Waals surface area (Å²) in [5.41, 5.74) is -0.899. The number of carboxylic acid groups (broad SMARTS) is 1. The van der Waals surface area contributed by atoms with E-state index in [1.54, 1.807) is 6.92 Å². The number of nitro groups is 1. The number of nitro benzene ring substituents is 1. The molecular weight excluding hydrogens is 402 g/mol. The minimum absolute atomic E-state index is 0.280. The van der Waals surface area contributed by atoms with Crippen molar-refractivity contribution in [3.63, 3.8) is 0 Å². The number of esters is 2. The minimum atomic E-state index is -1.34. The first-order chi connectivity index (χ1) is 14.0. The quantitative estimate of drug-likeness (QED) is 0.391. The summed E-state index contributed by atoms with van der Waals surface area (Å²) in [7, 11) is 0. The number of carbonyl (C=O) groups is 3. The van der Waals surface area contributed by atoms with Crippen LogP contribution in [0.15, 0.2) is 18.2 Å². The third-order valence-corrected chi connectivity index (χ3v) is 4.66. The summed E-state index contributed by atoms with van der Waals surface area (Å²) in [6.45, 7) is 5.96. The summed E-state index contributed by atoms with van der Waals surface area (Å²) in [5.74, 6) is -3.26. The molecule has 0 saturated carbocycles. The Balaban J connectivity index is 2.45. The van der Waals surface area contributed by atoms with Crippen molar-refractivity contribution in [2.75, 3.05) is 0 Å². The molecule has 1 saturated heterocycles. The fourth-order valence-corrected chi connectivity index (χ4v) is 3.30. The summed E-state index contributed by atoms with van der Waals surface area (Å²) in [4.78, 5) is 45.0. The number of hydrogen-bond acceptors (Lipinski definition) is 9. The van der Waals surface area contributed by atoms with E-state index < -0.39 is 53.1 Å². The van der Waals surface area contributed by atoms with Crippen LogP contribution < -0.4 is 4.74 Å². The molecule has 1 fully saturated rings. The third-order valence-electron chi connectivity index (χ3n) is 4.66. The van der Waals surface area contributed by atoms with Crippen LogP contribution in [0.2, 0.25) is 0 Å². The zero-order valence-corrected chi connectivity index (χ0v) is 16.9. The van der Waals surface area contributed by atoms with Crippen molar-refractivity contribution in [2.45, 2.75) is 58.7 Å². The molecule has 5 atom stereocenters. The van der Waals surface area contributed by atoms with E-state index in [9.17, 15) is 24.5 Å². The molecule has 1 N–H and O–H groups in total. The highest BCUT2D eigenvalue weighted by Gasteiger charge is 2.49. The molecule has 11 nitrogen and oxygen atoms in total. The van der Waals surface area contributed by atoms with Gasteiger partial charge in [-0.25, -0.2) is 4.79 Å². The smallest absolute Gasteiger partial charge is 0.335 e. The molecule has 0 aromatic heterocycles. The number of hydrogen-bond donors (Lipinski definition) is 1. The molecule has 2 rings (SSSR count). The second kappa shape index (κ2) is 9.53. The molecule has 0 spiro atoms. The average Bonchev–Trinajstić information content (AvgIpc) is 2.65. The molecule has 0 unspecified atom stereocenters. The highest BCUT2D eigenvalue weighted by Crippen LogP contribution is 2.36. The van der Waals surface area contributed by atoms with Gasteiger partial charge in [0.1, 0.15) is 6.10 Å². The average molecular weight is 425 g/mol. The van der Waals surface area contributed by atoms with Gasteiger partial charge in [0.15, 0.2) is 5.75 Å². The molecule has 1 heterocycles. The van der Waals surface area contributed by atoms with Gasteiger partial charge in [-0.2, -0.15) is 0 Å². The number of rotatable bonds is 7. The van der Waals surface area contributed by atoms with Crippen LogP contribution in [0.1, 0.15) is 44.5 Å². The highest BCUT2D eigenvalue weighted by atomic mass is 16.7. The van der Waals surface area contributed by atoms with E-state index in [4.69, 9.17) is 24.1 Å². The predicted molar refractivity (Wildman–Crippen MR) is 99.9 cm³/mol. The van der Waals surface area contributed by atoms with Crippen LogP contribution in [0, 0.1) is 16.0 Å². The first-order valence-corrected chi connectivity index (χ1v) is 9.23. The Kier molecular flexibility index (Phi) is 7.33. The number of carbonyl (C=O) groups excluding carboxylic acids is 2. The fourth-order valence-electron chi connectivity index (χ4n) is 3.30. The SMILES string of the molecule is CC[C@H]1O[C@@H](Oc2ccc(C(=O)O)cc2[N+](=O)[O-])[C@H](OC(C)=O)[C@@H](OC(C)=O)[C@@H]1C. The van der Waals surface area contributed by atoms with E-state index >= 15 is 0 Å². The third kappa shape index (κ3) is 5.23. The molecule has 1 aliphatic rings. The second-order valence-corrected chi connectivity index (χ2v) is 6.82. The molecule has 0 bridgehead atoms. The molecule has 11 heteroatoms. The first kappa shape index (κ1) is 23.1. The van der Waals surface area contributed by atoms with E-state index in [-0.39, 0.29) is 17.2 Å². The number of benzene rings is 1. The van der Waals surface area contributed by atoms with Crippen molar-refractivity contribution in [3.8, 4) is 5.75 Å². The lowest BCUT2D eigenvalue weighted by Crippen LogP contribution is -2.58. The van der Waals surface area contributed by atoms with Crippen LogP contribution in [0.3, 0.4) is 0 Å². The lowest BCUT2D eigenvalue weighted by Gasteiger charge is -2.43. The largest absolute Gasteiger partial charge is 0.478 e. The van der Waals surface area contributed by atoms with E-state index in [0.717, 1.165) is 25.1 Å². The number of aromatic carboxylic acids is 1. The Labute approximate surface area is 172 Å². The molecule has 1 aliphatic heterocycles. The van der Waals surface area contributed by atoms with Crippen molar-refractivity contribution in [2.24, 2.45) is 5.92 Å². The van der Waals surface area contributed by atoms with E-state index in [0.29, 0.717) is 6.42 Å². The maximum Gasteiger partial charge on any atom is 0.335 e. The Bertz CT molecular complexity index is 839. The summed E-state index contributed by atoms with van der Waals surface area (Å²) in [6.07, 6.45) is -3.38. The van der Waals surface area contributed by atoms with Gasteiger partial charge in [0.25, 0.3) is 0 Å². The predicted octanol–water partition coefficient (Wildman–Crippen LogP) is 2.31. The lowest BCUT2D eigenvalue weighted by atomic mass is 9.89. The molecule has 0 amide bonds. The van der Waals surface area contributed by atoms with Crippen molar-refractivity contribution in [1.82, 2.24) is 0 Å². The van der Waals surface area contributed by atoms with Crippen LogP contribution >= 0.6 is 0 Å². The van der Waals surface area contributed by atoms with Gasteiger partial charge in [0.05, 0.1) is 16.6 Å². The summed E-state index contributed by atoms with van der Waals surface area (Å²) >= 11 is 0. The van der Waals surface area contributed by atoms with Crippen molar-refractivity contribution < 1.29 is 43.4 Å². The topological polar surface area (TPSA) is 152 Å². The molecule has 0 radical (unpaired) electrons. The normalized spacial score (nSPS) is 25.8. The van der Waals surface area contributed by atoms with Crippen LogP contribution in [0.5, 0.6) is 5.75 Å². The van der Waals surface area contributed by atoms with E-state index in [2.05, 4.69) is 0 Å². The molecular formula is C19H23NO10. The summed E-state index contributed by atoms with van der Waals surface area (Å²) in [5, 5.41) is 20.5. The maximum atomic E-state index is 11.6. The van der Waals surface area contributed by atoms with Gasteiger partial charge in [0.2, 0.25) is 12.4 Å². The van der Waals surface area contributed by atoms with Crippen LogP contribution in [-0.4, -0.2) is 52.5 Å². The van der Waals surface area contributed by atoms with Gasteiger partial charge in [0, 0.05) is 25.8 Å². The van der Waals surface area contributed by atoms with E-state index in [1.807, 2.05) is 6.92 Å². The number of ether oxygens (including phenoxy) is 4. The van der Waals surface area contributed by atoms with Gasteiger partial charge < -0.3 is 24.1 Å². The number of nitrogens with zero attached hydrogens (tertiary/aromatic N) is 1. The first-order valence-electron chi connectivity index (χ1n) is 9.23. The highest BCUT2D eigenvalue weighted by molar-refractivity contribution is 5.88. The Morgan fingerprint density at radius 1 is 1.17 bits per heavy atom. The van der Waals surface area contributed by atoms with Gasteiger partial charge >= 0.3 is 23.6 Å². The number of carboxylic acids is 1.